The van der Waals surface area contributed by atoms with E-state index in [1.54, 1.807) is 18.7 Å². The molecule has 1 N–H and O–H groups in total. The highest BCUT2D eigenvalue weighted by Crippen LogP contribution is 2.30. The van der Waals surface area contributed by atoms with Crippen LogP contribution in [-0.4, -0.2) is 61.1 Å². The molecule has 0 aromatic rings. The standard InChI is InChI=1S/C17H30N2O5/c1-11(2)18-15(21)13-8-7-9-19(13)16(22)12(10-14(20)23-5)17(3,4)24-6/h11-13H,7-10H2,1-6H3,(H,18,21)/t12-,13+/m1/s1. The zero-order chi connectivity index (χ0) is 18.5. The van der Waals surface area contributed by atoms with E-state index >= 15 is 0 Å². The number of carbonyl (C=O) groups excluding carboxylic acids is 3. The average molecular weight is 342 g/mol. The van der Waals surface area contributed by atoms with Crippen molar-refractivity contribution in [3.63, 3.8) is 0 Å². The molecule has 0 saturated carbocycles. The SMILES string of the molecule is COC(=O)C[C@H](C(=O)N1CCC[C@H]1C(=O)NC(C)C)C(C)(C)OC. The van der Waals surface area contributed by atoms with Gasteiger partial charge in [0, 0.05) is 19.7 Å². The average Bonchev–Trinajstić information content (AvgIpc) is 3.00. The Hall–Kier alpha value is -1.63. The molecule has 0 bridgehead atoms. The van der Waals surface area contributed by atoms with Crippen molar-refractivity contribution in [1.82, 2.24) is 10.2 Å². The number of carbonyl (C=O) groups is 3. The highest BCUT2D eigenvalue weighted by molar-refractivity contribution is 5.91. The van der Waals surface area contributed by atoms with Crippen molar-refractivity contribution in [3.05, 3.63) is 0 Å². The number of ether oxygens (including phenoxy) is 2. The summed E-state index contributed by atoms with van der Waals surface area (Å²) in [5.41, 5.74) is -0.840. The van der Waals surface area contributed by atoms with Gasteiger partial charge in [-0.3, -0.25) is 14.4 Å². The molecular formula is C17H30N2O5. The van der Waals surface area contributed by atoms with Crippen molar-refractivity contribution < 1.29 is 23.9 Å². The van der Waals surface area contributed by atoms with Gasteiger partial charge in [-0.15, -0.1) is 0 Å². The van der Waals surface area contributed by atoms with E-state index < -0.39 is 23.5 Å². The van der Waals surface area contributed by atoms with Crippen LogP contribution in [0.2, 0.25) is 0 Å². The van der Waals surface area contributed by atoms with Gasteiger partial charge >= 0.3 is 5.97 Å². The number of likely N-dealkylation sites (tertiary alicyclic amines) is 1. The van der Waals surface area contributed by atoms with Crippen molar-refractivity contribution in [2.45, 2.75) is 64.6 Å². The minimum Gasteiger partial charge on any atom is -0.469 e. The number of rotatable bonds is 7. The van der Waals surface area contributed by atoms with Crippen LogP contribution in [0.1, 0.15) is 47.0 Å². The van der Waals surface area contributed by atoms with Gasteiger partial charge < -0.3 is 19.7 Å². The summed E-state index contributed by atoms with van der Waals surface area (Å²) in [6.45, 7) is 7.79. The first kappa shape index (κ1) is 20.4. The van der Waals surface area contributed by atoms with Crippen LogP contribution in [0.4, 0.5) is 0 Å². The summed E-state index contributed by atoms with van der Waals surface area (Å²) in [6, 6.07) is -0.482. The second-order valence-electron chi connectivity index (χ2n) is 6.99. The molecule has 1 rings (SSSR count). The van der Waals surface area contributed by atoms with Crippen molar-refractivity contribution in [3.8, 4) is 0 Å². The molecule has 0 spiro atoms. The Morgan fingerprint density at radius 1 is 1.25 bits per heavy atom. The van der Waals surface area contributed by atoms with E-state index in [9.17, 15) is 14.4 Å². The van der Waals surface area contributed by atoms with E-state index in [2.05, 4.69) is 5.32 Å². The summed E-state index contributed by atoms with van der Waals surface area (Å²) in [6.07, 6.45) is 1.31. The van der Waals surface area contributed by atoms with Gasteiger partial charge in [0.1, 0.15) is 6.04 Å². The quantitative estimate of drug-likeness (QED) is 0.701. The molecule has 1 fully saturated rings. The Morgan fingerprint density at radius 3 is 2.38 bits per heavy atom. The molecule has 7 heteroatoms. The van der Waals surface area contributed by atoms with E-state index in [1.807, 2.05) is 13.8 Å². The Balaban J connectivity index is 2.99. The molecular weight excluding hydrogens is 312 g/mol. The maximum atomic E-state index is 13.1. The van der Waals surface area contributed by atoms with Gasteiger partial charge in [0.15, 0.2) is 0 Å². The molecule has 1 aliphatic heterocycles. The molecule has 0 aromatic heterocycles. The first-order valence-electron chi connectivity index (χ1n) is 8.36. The lowest BCUT2D eigenvalue weighted by atomic mass is 9.86. The third-order valence-corrected chi connectivity index (χ3v) is 4.53. The third kappa shape index (κ3) is 4.93. The van der Waals surface area contributed by atoms with Crippen molar-refractivity contribution in [1.29, 1.82) is 0 Å². The fourth-order valence-electron chi connectivity index (χ4n) is 2.91. The van der Waals surface area contributed by atoms with Crippen molar-refractivity contribution >= 4 is 17.8 Å². The Labute approximate surface area is 144 Å². The van der Waals surface area contributed by atoms with Gasteiger partial charge in [-0.05, 0) is 40.5 Å². The second kappa shape index (κ2) is 8.46. The fourth-order valence-corrected chi connectivity index (χ4v) is 2.91. The van der Waals surface area contributed by atoms with Crippen molar-refractivity contribution in [2.75, 3.05) is 20.8 Å². The molecule has 0 radical (unpaired) electrons. The zero-order valence-corrected chi connectivity index (χ0v) is 15.5. The molecule has 0 aromatic carbocycles. The lowest BCUT2D eigenvalue weighted by molar-refractivity contribution is -0.157. The summed E-state index contributed by atoms with van der Waals surface area (Å²) in [7, 11) is 2.79. The molecule has 0 aliphatic carbocycles. The Morgan fingerprint density at radius 2 is 1.88 bits per heavy atom. The molecule has 2 atom stereocenters. The maximum Gasteiger partial charge on any atom is 0.306 e. The minimum absolute atomic E-state index is 0.0105. The number of amides is 2. The molecule has 1 saturated heterocycles. The number of nitrogens with one attached hydrogen (secondary N) is 1. The molecule has 1 heterocycles. The molecule has 2 amide bonds. The van der Waals surface area contributed by atoms with Crippen LogP contribution in [0.5, 0.6) is 0 Å². The van der Waals surface area contributed by atoms with E-state index in [0.29, 0.717) is 13.0 Å². The molecule has 24 heavy (non-hydrogen) atoms. The smallest absolute Gasteiger partial charge is 0.306 e. The lowest BCUT2D eigenvalue weighted by Crippen LogP contribution is -2.53. The molecule has 138 valence electrons. The van der Waals surface area contributed by atoms with Gasteiger partial charge in [0.25, 0.3) is 0 Å². The third-order valence-electron chi connectivity index (χ3n) is 4.53. The summed E-state index contributed by atoms with van der Waals surface area (Å²) in [4.78, 5) is 38.7. The van der Waals surface area contributed by atoms with Gasteiger partial charge in [-0.1, -0.05) is 0 Å². The normalized spacial score (nSPS) is 19.3. The molecule has 1 aliphatic rings. The number of hydrogen-bond acceptors (Lipinski definition) is 5. The van der Waals surface area contributed by atoms with Crippen LogP contribution in [-0.2, 0) is 23.9 Å². The zero-order valence-electron chi connectivity index (χ0n) is 15.5. The lowest BCUT2D eigenvalue weighted by Gasteiger charge is -2.36. The van der Waals surface area contributed by atoms with E-state index in [4.69, 9.17) is 9.47 Å². The van der Waals surface area contributed by atoms with Gasteiger partial charge in [0.05, 0.1) is 25.0 Å². The number of hydrogen-bond donors (Lipinski definition) is 1. The van der Waals surface area contributed by atoms with Crippen molar-refractivity contribution in [2.24, 2.45) is 5.92 Å². The topological polar surface area (TPSA) is 84.9 Å². The summed E-state index contributed by atoms with van der Waals surface area (Å²) in [5.74, 6) is -1.57. The predicted octanol–water partition coefficient (Wildman–Crippen LogP) is 1.11. The maximum absolute atomic E-state index is 13.1. The number of methoxy groups -OCH3 is 2. The molecule has 0 unspecified atom stereocenters. The summed E-state index contributed by atoms with van der Waals surface area (Å²) in [5, 5.41) is 2.86. The van der Waals surface area contributed by atoms with E-state index in [1.165, 1.54) is 14.2 Å². The monoisotopic (exact) mass is 342 g/mol. The van der Waals surface area contributed by atoms with Crippen LogP contribution in [0, 0.1) is 5.92 Å². The number of nitrogens with zero attached hydrogens (tertiary/aromatic N) is 1. The second-order valence-corrected chi connectivity index (χ2v) is 6.99. The van der Waals surface area contributed by atoms with Crippen LogP contribution in [0.3, 0.4) is 0 Å². The predicted molar refractivity (Wildman–Crippen MR) is 89.2 cm³/mol. The van der Waals surface area contributed by atoms with Gasteiger partial charge in [0.2, 0.25) is 11.8 Å². The number of esters is 1. The fraction of sp³-hybridized carbons (Fsp3) is 0.824. The minimum atomic E-state index is -0.840. The Bertz CT molecular complexity index is 476. The first-order chi connectivity index (χ1) is 11.1. The van der Waals surface area contributed by atoms with Gasteiger partial charge in [-0.25, -0.2) is 0 Å². The van der Waals surface area contributed by atoms with Gasteiger partial charge in [-0.2, -0.15) is 0 Å². The largest absolute Gasteiger partial charge is 0.469 e. The summed E-state index contributed by atoms with van der Waals surface area (Å²) < 4.78 is 10.1. The Kier molecular flexibility index (Phi) is 7.20. The molecule has 7 nitrogen and oxygen atoms in total. The van der Waals surface area contributed by atoms with Crippen LogP contribution < -0.4 is 5.32 Å². The highest BCUT2D eigenvalue weighted by Gasteiger charge is 2.44. The highest BCUT2D eigenvalue weighted by atomic mass is 16.5. The first-order valence-corrected chi connectivity index (χ1v) is 8.36. The van der Waals surface area contributed by atoms with Crippen LogP contribution in [0.25, 0.3) is 0 Å². The van der Waals surface area contributed by atoms with Crippen LogP contribution >= 0.6 is 0 Å². The van der Waals surface area contributed by atoms with E-state index in [0.717, 1.165) is 6.42 Å². The van der Waals surface area contributed by atoms with E-state index in [-0.39, 0.29) is 24.3 Å². The summed E-state index contributed by atoms with van der Waals surface area (Å²) >= 11 is 0. The van der Waals surface area contributed by atoms with Crippen LogP contribution in [0.15, 0.2) is 0 Å².